The largest absolute Gasteiger partial charge is 0.373 e. The number of hydrogen-bond acceptors (Lipinski definition) is 5. The zero-order chi connectivity index (χ0) is 24.3. The van der Waals surface area contributed by atoms with Gasteiger partial charge in [0.1, 0.15) is 17.3 Å². The fourth-order valence-corrected chi connectivity index (χ4v) is 6.11. The van der Waals surface area contributed by atoms with Crippen molar-refractivity contribution >= 4 is 34.8 Å². The van der Waals surface area contributed by atoms with Gasteiger partial charge < -0.3 is 19.9 Å². The monoisotopic (exact) mass is 515 g/mol. The molecule has 0 unspecified atom stereocenters. The maximum absolute atomic E-state index is 14.7. The van der Waals surface area contributed by atoms with Gasteiger partial charge in [0, 0.05) is 41.1 Å². The highest BCUT2D eigenvalue weighted by molar-refractivity contribution is 6.39. The van der Waals surface area contributed by atoms with E-state index < -0.39 is 11.7 Å². The van der Waals surface area contributed by atoms with E-state index in [1.54, 1.807) is 30.3 Å². The Hall–Kier alpha value is -2.61. The lowest BCUT2D eigenvalue weighted by molar-refractivity contribution is 0.0122. The summed E-state index contributed by atoms with van der Waals surface area (Å²) in [5.41, 5.74) is 8.17. The lowest BCUT2D eigenvalue weighted by Gasteiger charge is -2.33. The zero-order valence-electron chi connectivity index (χ0n) is 18.8. The average molecular weight is 516 g/mol. The number of nitrogens with zero attached hydrogens (tertiary/aromatic N) is 2. The van der Waals surface area contributed by atoms with Crippen LogP contribution in [0.3, 0.4) is 0 Å². The first-order valence-electron chi connectivity index (χ1n) is 11.8. The van der Waals surface area contributed by atoms with Gasteiger partial charge in [-0.05, 0) is 56.0 Å². The highest BCUT2D eigenvalue weighted by atomic mass is 35.5. The minimum Gasteiger partial charge on any atom is -0.373 e. The molecule has 182 valence electrons. The number of amides is 1. The van der Waals surface area contributed by atoms with E-state index in [2.05, 4.69) is 10.1 Å². The lowest BCUT2D eigenvalue weighted by atomic mass is 10.0. The predicted octanol–water partition coefficient (Wildman–Crippen LogP) is 5.95. The third-order valence-corrected chi connectivity index (χ3v) is 8.06. The first-order chi connectivity index (χ1) is 16.9. The van der Waals surface area contributed by atoms with E-state index in [0.29, 0.717) is 46.1 Å². The number of fused-ring (bicyclic) bond motifs is 2. The molecule has 0 radical (unpaired) electrons. The van der Waals surface area contributed by atoms with Gasteiger partial charge in [-0.2, -0.15) is 0 Å². The molecule has 2 aliphatic carbocycles. The van der Waals surface area contributed by atoms with Crippen LogP contribution in [-0.2, 0) is 11.3 Å². The number of anilines is 1. The maximum atomic E-state index is 14.7. The van der Waals surface area contributed by atoms with Crippen LogP contribution in [-0.4, -0.2) is 29.8 Å². The van der Waals surface area contributed by atoms with Crippen LogP contribution in [0.4, 0.5) is 10.1 Å². The molecule has 1 amide bonds. The fourth-order valence-electron chi connectivity index (χ4n) is 5.54. The Bertz CT molecular complexity index is 1290. The number of hydrogen-bond donors (Lipinski definition) is 1. The Morgan fingerprint density at radius 3 is 2.60 bits per heavy atom. The third-order valence-electron chi connectivity index (χ3n) is 7.43. The van der Waals surface area contributed by atoms with Gasteiger partial charge in [0.05, 0.1) is 28.4 Å². The standard InChI is InChI=1S/C26H24Cl2FN3O3/c27-18-2-1-3-19(28)23(18)24-17(25(35-31-24)13-4-5-13)12-34-22-10-16-8-15(22)11-32(16)21-7-6-14(26(30)33)9-20(21)29/h1-3,6-7,9,13,15-16,22H,4-5,8,10-12H2,(H2,30,33)/t15-,16-,22+/m0/s1. The SMILES string of the molecule is NC(=O)c1ccc(N2C[C@@H]3C[C@H]2C[C@H]3OCc2c(-c3c(Cl)cccc3Cl)noc2C2CC2)c(F)c1. The van der Waals surface area contributed by atoms with E-state index in [-0.39, 0.29) is 23.6 Å². The molecule has 3 aromatic rings. The highest BCUT2D eigenvalue weighted by Gasteiger charge is 2.46. The number of piperidine rings is 1. The van der Waals surface area contributed by atoms with Gasteiger partial charge in [0.15, 0.2) is 0 Å². The van der Waals surface area contributed by atoms with Crippen LogP contribution in [0.25, 0.3) is 11.3 Å². The number of aromatic nitrogens is 1. The smallest absolute Gasteiger partial charge is 0.248 e. The molecule has 3 aliphatic rings. The number of nitrogens with two attached hydrogens (primary N) is 1. The summed E-state index contributed by atoms with van der Waals surface area (Å²) in [5, 5.41) is 5.38. The van der Waals surface area contributed by atoms with Crippen molar-refractivity contribution in [2.24, 2.45) is 11.7 Å². The summed E-state index contributed by atoms with van der Waals surface area (Å²) in [6, 6.07) is 10.00. The Labute approximate surface area is 212 Å². The normalized spacial score (nSPS) is 23.3. The molecule has 1 saturated heterocycles. The van der Waals surface area contributed by atoms with Crippen LogP contribution < -0.4 is 10.6 Å². The molecule has 2 aromatic carbocycles. The second kappa shape index (κ2) is 8.80. The number of rotatable bonds is 7. The molecule has 0 spiro atoms. The van der Waals surface area contributed by atoms with Crippen molar-refractivity contribution in [3.63, 3.8) is 0 Å². The van der Waals surface area contributed by atoms with Crippen molar-refractivity contribution in [1.29, 1.82) is 0 Å². The van der Waals surface area contributed by atoms with Gasteiger partial charge in [-0.25, -0.2) is 4.39 Å². The summed E-state index contributed by atoms with van der Waals surface area (Å²) in [7, 11) is 0. The van der Waals surface area contributed by atoms with Crippen LogP contribution >= 0.6 is 23.2 Å². The lowest BCUT2D eigenvalue weighted by Crippen LogP contribution is -2.39. The fraction of sp³-hybridized carbons (Fsp3) is 0.385. The first kappa shape index (κ1) is 22.8. The van der Waals surface area contributed by atoms with Gasteiger partial charge in [0.2, 0.25) is 5.91 Å². The number of halogens is 3. The highest BCUT2D eigenvalue weighted by Crippen LogP contribution is 2.47. The molecule has 2 saturated carbocycles. The van der Waals surface area contributed by atoms with Crippen molar-refractivity contribution < 1.29 is 18.4 Å². The van der Waals surface area contributed by atoms with Gasteiger partial charge in [-0.15, -0.1) is 0 Å². The van der Waals surface area contributed by atoms with Crippen molar-refractivity contribution in [3.8, 4) is 11.3 Å². The zero-order valence-corrected chi connectivity index (χ0v) is 20.4. The van der Waals surface area contributed by atoms with Gasteiger partial charge >= 0.3 is 0 Å². The number of ether oxygens (including phenoxy) is 1. The summed E-state index contributed by atoms with van der Waals surface area (Å²) in [6.45, 7) is 1.06. The summed E-state index contributed by atoms with van der Waals surface area (Å²) in [4.78, 5) is 13.4. The third kappa shape index (κ3) is 4.09. The summed E-state index contributed by atoms with van der Waals surface area (Å²) in [5.74, 6) is 0.442. The van der Waals surface area contributed by atoms with Crippen molar-refractivity contribution in [3.05, 3.63) is 69.1 Å². The van der Waals surface area contributed by atoms with E-state index in [4.69, 9.17) is 38.2 Å². The molecular formula is C26H24Cl2FN3O3. The Morgan fingerprint density at radius 1 is 1.20 bits per heavy atom. The Balaban J connectivity index is 1.19. The van der Waals surface area contributed by atoms with E-state index in [1.807, 2.05) is 0 Å². The molecule has 2 N–H and O–H groups in total. The second-order valence-corrected chi connectivity index (χ2v) is 10.5. The molecule has 2 bridgehead atoms. The Kier molecular flexibility index (Phi) is 5.74. The molecule has 3 atom stereocenters. The van der Waals surface area contributed by atoms with E-state index >= 15 is 0 Å². The molecule has 6 rings (SSSR count). The van der Waals surface area contributed by atoms with Crippen LogP contribution in [0.2, 0.25) is 10.0 Å². The number of carbonyl (C=O) groups is 1. The van der Waals surface area contributed by atoms with Gasteiger partial charge in [0.25, 0.3) is 0 Å². The minimum absolute atomic E-state index is 0.0562. The molecule has 9 heteroatoms. The minimum atomic E-state index is -0.636. The summed E-state index contributed by atoms with van der Waals surface area (Å²) in [6.07, 6.45) is 3.93. The maximum Gasteiger partial charge on any atom is 0.248 e. The van der Waals surface area contributed by atoms with E-state index in [1.165, 1.54) is 6.07 Å². The van der Waals surface area contributed by atoms with Crippen molar-refractivity contribution in [1.82, 2.24) is 5.16 Å². The summed E-state index contributed by atoms with van der Waals surface area (Å²) >= 11 is 12.9. The summed E-state index contributed by atoms with van der Waals surface area (Å²) < 4.78 is 26.9. The molecule has 1 aliphatic heterocycles. The van der Waals surface area contributed by atoms with Crippen molar-refractivity contribution in [2.75, 3.05) is 11.4 Å². The topological polar surface area (TPSA) is 81.6 Å². The quantitative estimate of drug-likeness (QED) is 0.420. The first-order valence-corrected chi connectivity index (χ1v) is 12.6. The number of primary amides is 1. The van der Waals surface area contributed by atoms with Crippen LogP contribution in [0.15, 0.2) is 40.9 Å². The van der Waals surface area contributed by atoms with E-state index in [0.717, 1.165) is 37.0 Å². The van der Waals surface area contributed by atoms with Crippen LogP contribution in [0.1, 0.15) is 53.3 Å². The Morgan fingerprint density at radius 2 is 1.97 bits per heavy atom. The molecule has 6 nitrogen and oxygen atoms in total. The van der Waals surface area contributed by atoms with Gasteiger partial charge in [-0.3, -0.25) is 4.79 Å². The van der Waals surface area contributed by atoms with E-state index in [9.17, 15) is 9.18 Å². The van der Waals surface area contributed by atoms with Gasteiger partial charge in [-0.1, -0.05) is 34.4 Å². The predicted molar refractivity (Wildman–Crippen MR) is 131 cm³/mol. The van der Waals surface area contributed by atoms with Crippen molar-refractivity contribution in [2.45, 2.75) is 50.4 Å². The van der Waals surface area contributed by atoms with Crippen LogP contribution in [0, 0.1) is 11.7 Å². The second-order valence-electron chi connectivity index (χ2n) is 9.66. The molecule has 1 aromatic heterocycles. The number of carbonyl (C=O) groups excluding carboxylic acids is 1. The molecule has 3 fully saturated rings. The average Bonchev–Trinajstić information content (AvgIpc) is 3.28. The molecule has 2 heterocycles. The van der Waals surface area contributed by atoms with Crippen LogP contribution in [0.5, 0.6) is 0 Å². The number of benzene rings is 2. The molecular weight excluding hydrogens is 492 g/mol. The molecule has 35 heavy (non-hydrogen) atoms.